The number of pyridine rings is 1. The number of carbonyl (C=O) groups is 2. The Labute approximate surface area is 74.5 Å². The van der Waals surface area contributed by atoms with E-state index in [2.05, 4.69) is 4.98 Å². The van der Waals surface area contributed by atoms with Crippen LogP contribution in [0, 0.1) is 0 Å². The molecular weight excluding hydrogens is 170 g/mol. The molecule has 0 fully saturated rings. The Morgan fingerprint density at radius 3 is 2.69 bits per heavy atom. The SMILES string of the molecule is O=CC=Cc1ccc(C(=O)O)nc1. The van der Waals surface area contributed by atoms with Crippen molar-refractivity contribution in [2.24, 2.45) is 0 Å². The number of carbonyl (C=O) groups excluding carboxylic acids is 1. The summed E-state index contributed by atoms with van der Waals surface area (Å²) in [6.07, 6.45) is 4.90. The molecule has 0 aliphatic rings. The van der Waals surface area contributed by atoms with Gasteiger partial charge in [-0.15, -0.1) is 0 Å². The fraction of sp³-hybridized carbons (Fsp3) is 0. The molecule has 4 heteroatoms. The van der Waals surface area contributed by atoms with Crippen molar-refractivity contribution in [3.63, 3.8) is 0 Å². The van der Waals surface area contributed by atoms with Gasteiger partial charge in [-0.3, -0.25) is 4.79 Å². The molecular formula is C9H7NO3. The van der Waals surface area contributed by atoms with E-state index in [9.17, 15) is 9.59 Å². The van der Waals surface area contributed by atoms with Gasteiger partial charge in [0.05, 0.1) is 0 Å². The fourth-order valence-corrected chi connectivity index (χ4v) is 0.781. The summed E-state index contributed by atoms with van der Waals surface area (Å²) in [5, 5.41) is 8.52. The molecule has 0 atom stereocenters. The average Bonchev–Trinajstić information content (AvgIpc) is 2.15. The van der Waals surface area contributed by atoms with Crippen LogP contribution in [0.15, 0.2) is 24.4 Å². The van der Waals surface area contributed by atoms with E-state index in [1.165, 1.54) is 18.3 Å². The number of aromatic carboxylic acids is 1. The number of aldehydes is 1. The summed E-state index contributed by atoms with van der Waals surface area (Å²) in [4.78, 5) is 24.0. The summed E-state index contributed by atoms with van der Waals surface area (Å²) in [6, 6.07) is 2.96. The summed E-state index contributed by atoms with van der Waals surface area (Å²) in [5.74, 6) is -1.06. The minimum atomic E-state index is -1.06. The lowest BCUT2D eigenvalue weighted by Crippen LogP contribution is -1.98. The first-order valence-corrected chi connectivity index (χ1v) is 3.55. The zero-order chi connectivity index (χ0) is 9.68. The second-order valence-corrected chi connectivity index (χ2v) is 2.28. The minimum absolute atomic E-state index is 0.0109. The molecule has 1 N–H and O–H groups in total. The monoisotopic (exact) mass is 177 g/mol. The van der Waals surface area contributed by atoms with Crippen LogP contribution in [-0.2, 0) is 4.79 Å². The number of aromatic nitrogens is 1. The molecule has 0 aromatic carbocycles. The van der Waals surface area contributed by atoms with E-state index in [0.29, 0.717) is 11.8 Å². The van der Waals surface area contributed by atoms with Crippen molar-refractivity contribution in [1.82, 2.24) is 4.98 Å². The normalized spacial score (nSPS) is 10.2. The van der Waals surface area contributed by atoms with Crippen LogP contribution in [0.1, 0.15) is 16.1 Å². The molecule has 66 valence electrons. The number of carboxylic acids is 1. The maximum absolute atomic E-state index is 10.4. The topological polar surface area (TPSA) is 67.3 Å². The maximum atomic E-state index is 10.4. The van der Waals surface area contributed by atoms with E-state index in [1.54, 1.807) is 12.1 Å². The van der Waals surface area contributed by atoms with Crippen molar-refractivity contribution < 1.29 is 14.7 Å². The van der Waals surface area contributed by atoms with Crippen LogP contribution in [0.4, 0.5) is 0 Å². The third kappa shape index (κ3) is 2.52. The van der Waals surface area contributed by atoms with Gasteiger partial charge in [-0.25, -0.2) is 9.78 Å². The highest BCUT2D eigenvalue weighted by Crippen LogP contribution is 2.01. The number of nitrogens with zero attached hydrogens (tertiary/aromatic N) is 1. The average molecular weight is 177 g/mol. The van der Waals surface area contributed by atoms with E-state index in [-0.39, 0.29) is 5.69 Å². The Bertz CT molecular complexity index is 340. The van der Waals surface area contributed by atoms with Crippen molar-refractivity contribution in [2.75, 3.05) is 0 Å². The standard InChI is InChI=1S/C9H7NO3/c11-5-1-2-7-3-4-8(9(12)13)10-6-7/h1-6H,(H,12,13). The minimum Gasteiger partial charge on any atom is -0.477 e. The Kier molecular flexibility index (Phi) is 2.92. The van der Waals surface area contributed by atoms with Gasteiger partial charge < -0.3 is 5.11 Å². The van der Waals surface area contributed by atoms with E-state index < -0.39 is 5.97 Å². The molecule has 0 saturated heterocycles. The first-order valence-electron chi connectivity index (χ1n) is 3.55. The molecule has 4 nitrogen and oxygen atoms in total. The van der Waals surface area contributed by atoms with E-state index >= 15 is 0 Å². The van der Waals surface area contributed by atoms with Crippen LogP contribution in [0.3, 0.4) is 0 Å². The number of carboxylic acid groups (broad SMARTS) is 1. The first kappa shape index (κ1) is 9.12. The summed E-state index contributed by atoms with van der Waals surface area (Å²) in [6.45, 7) is 0. The highest BCUT2D eigenvalue weighted by atomic mass is 16.4. The summed E-state index contributed by atoms with van der Waals surface area (Å²) < 4.78 is 0. The van der Waals surface area contributed by atoms with Crippen molar-refractivity contribution in [1.29, 1.82) is 0 Å². The lowest BCUT2D eigenvalue weighted by Gasteiger charge is -1.93. The molecule has 0 unspecified atom stereocenters. The molecule has 0 aliphatic carbocycles. The zero-order valence-corrected chi connectivity index (χ0v) is 6.68. The second kappa shape index (κ2) is 4.15. The van der Waals surface area contributed by atoms with Crippen LogP contribution in [-0.4, -0.2) is 22.3 Å². The van der Waals surface area contributed by atoms with E-state index in [0.717, 1.165) is 0 Å². The molecule has 0 amide bonds. The molecule has 0 saturated carbocycles. The fourth-order valence-electron chi connectivity index (χ4n) is 0.781. The predicted octanol–water partition coefficient (Wildman–Crippen LogP) is 0.992. The number of hydrogen-bond acceptors (Lipinski definition) is 3. The molecule has 1 heterocycles. The predicted molar refractivity (Wildman–Crippen MR) is 46.3 cm³/mol. The summed E-state index contributed by atoms with van der Waals surface area (Å²) >= 11 is 0. The van der Waals surface area contributed by atoms with Gasteiger partial charge in [0, 0.05) is 6.20 Å². The molecule has 1 aromatic rings. The molecule has 0 bridgehead atoms. The van der Waals surface area contributed by atoms with Gasteiger partial charge in [0.25, 0.3) is 0 Å². The smallest absolute Gasteiger partial charge is 0.354 e. The van der Waals surface area contributed by atoms with E-state index in [1.807, 2.05) is 0 Å². The Hall–Kier alpha value is -1.97. The van der Waals surface area contributed by atoms with Crippen molar-refractivity contribution >= 4 is 18.3 Å². The molecule has 0 spiro atoms. The third-order valence-corrected chi connectivity index (χ3v) is 1.37. The maximum Gasteiger partial charge on any atom is 0.354 e. The summed E-state index contributed by atoms with van der Waals surface area (Å²) in [7, 11) is 0. The highest BCUT2D eigenvalue weighted by Gasteiger charge is 2.01. The zero-order valence-electron chi connectivity index (χ0n) is 6.68. The Morgan fingerprint density at radius 1 is 1.46 bits per heavy atom. The molecule has 0 aliphatic heterocycles. The lowest BCUT2D eigenvalue weighted by atomic mass is 10.2. The lowest BCUT2D eigenvalue weighted by molar-refractivity contribution is -0.104. The highest BCUT2D eigenvalue weighted by molar-refractivity contribution is 5.85. The van der Waals surface area contributed by atoms with Gasteiger partial charge in [0.2, 0.25) is 0 Å². The van der Waals surface area contributed by atoms with Crippen LogP contribution in [0.5, 0.6) is 0 Å². The van der Waals surface area contributed by atoms with Crippen LogP contribution in [0.2, 0.25) is 0 Å². The number of rotatable bonds is 3. The molecule has 1 rings (SSSR count). The third-order valence-electron chi connectivity index (χ3n) is 1.37. The van der Waals surface area contributed by atoms with Crippen LogP contribution < -0.4 is 0 Å². The van der Waals surface area contributed by atoms with Gasteiger partial charge in [-0.05, 0) is 17.7 Å². The van der Waals surface area contributed by atoms with Gasteiger partial charge in [0.1, 0.15) is 12.0 Å². The van der Waals surface area contributed by atoms with Crippen molar-refractivity contribution in [2.45, 2.75) is 0 Å². The van der Waals surface area contributed by atoms with Gasteiger partial charge in [0.15, 0.2) is 0 Å². The molecule has 13 heavy (non-hydrogen) atoms. The molecule has 1 aromatic heterocycles. The number of allylic oxidation sites excluding steroid dienone is 1. The van der Waals surface area contributed by atoms with E-state index in [4.69, 9.17) is 5.11 Å². The quantitative estimate of drug-likeness (QED) is 0.552. The van der Waals surface area contributed by atoms with Gasteiger partial charge >= 0.3 is 5.97 Å². The largest absolute Gasteiger partial charge is 0.477 e. The Morgan fingerprint density at radius 2 is 2.23 bits per heavy atom. The van der Waals surface area contributed by atoms with Gasteiger partial charge in [-0.1, -0.05) is 12.1 Å². The van der Waals surface area contributed by atoms with Crippen LogP contribution in [0.25, 0.3) is 6.08 Å². The van der Waals surface area contributed by atoms with Crippen molar-refractivity contribution in [3.8, 4) is 0 Å². The Balaban J connectivity index is 2.87. The summed E-state index contributed by atoms with van der Waals surface area (Å²) in [5.41, 5.74) is 0.681. The second-order valence-electron chi connectivity index (χ2n) is 2.28. The molecule has 0 radical (unpaired) electrons. The van der Waals surface area contributed by atoms with Gasteiger partial charge in [-0.2, -0.15) is 0 Å². The van der Waals surface area contributed by atoms with Crippen molar-refractivity contribution in [3.05, 3.63) is 35.7 Å². The first-order chi connectivity index (χ1) is 6.24. The van der Waals surface area contributed by atoms with Crippen LogP contribution >= 0.6 is 0 Å². The number of hydrogen-bond donors (Lipinski definition) is 1.